The quantitative estimate of drug-likeness (QED) is 0.666. The zero-order valence-corrected chi connectivity index (χ0v) is 9.78. The third kappa shape index (κ3) is 2.20. The molecule has 2 aliphatic rings. The van der Waals surface area contributed by atoms with Crippen LogP contribution in [0.4, 0.5) is 0 Å². The highest BCUT2D eigenvalue weighted by Crippen LogP contribution is 2.28. The van der Waals surface area contributed by atoms with Crippen LogP contribution in [0.3, 0.4) is 0 Å². The van der Waals surface area contributed by atoms with Crippen molar-refractivity contribution in [3.05, 3.63) is 0 Å². The SMILES string of the molecule is COC(=O)[C@@H]1CC(=O)N(C2CCCCC2)C1. The van der Waals surface area contributed by atoms with Gasteiger partial charge in [0.15, 0.2) is 0 Å². The molecule has 1 aliphatic carbocycles. The van der Waals surface area contributed by atoms with Gasteiger partial charge in [-0.3, -0.25) is 9.59 Å². The summed E-state index contributed by atoms with van der Waals surface area (Å²) in [7, 11) is 1.38. The van der Waals surface area contributed by atoms with Crippen molar-refractivity contribution in [1.29, 1.82) is 0 Å². The van der Waals surface area contributed by atoms with E-state index in [4.69, 9.17) is 4.74 Å². The second-order valence-electron chi connectivity index (χ2n) is 4.76. The summed E-state index contributed by atoms with van der Waals surface area (Å²) in [5.74, 6) is -0.353. The standard InChI is InChI=1S/C12H19NO3/c1-16-12(15)9-7-11(14)13(8-9)10-5-3-2-4-6-10/h9-10H,2-8H2,1H3/t9-/m1/s1. The van der Waals surface area contributed by atoms with Crippen molar-refractivity contribution in [1.82, 2.24) is 4.90 Å². The average molecular weight is 225 g/mol. The van der Waals surface area contributed by atoms with Gasteiger partial charge in [-0.15, -0.1) is 0 Å². The van der Waals surface area contributed by atoms with E-state index in [9.17, 15) is 9.59 Å². The molecule has 0 aromatic carbocycles. The van der Waals surface area contributed by atoms with Crippen molar-refractivity contribution in [2.24, 2.45) is 5.92 Å². The second-order valence-corrected chi connectivity index (χ2v) is 4.76. The molecule has 1 saturated heterocycles. The number of carbonyl (C=O) groups excluding carboxylic acids is 2. The van der Waals surface area contributed by atoms with Crippen LogP contribution in [-0.2, 0) is 14.3 Å². The third-order valence-electron chi connectivity index (χ3n) is 3.71. The van der Waals surface area contributed by atoms with E-state index in [1.807, 2.05) is 4.90 Å². The Bertz CT molecular complexity index is 284. The van der Waals surface area contributed by atoms with Crippen molar-refractivity contribution < 1.29 is 14.3 Å². The highest BCUT2D eigenvalue weighted by molar-refractivity contribution is 5.86. The first-order valence-electron chi connectivity index (χ1n) is 6.09. The van der Waals surface area contributed by atoms with E-state index in [0.29, 0.717) is 19.0 Å². The Labute approximate surface area is 95.9 Å². The number of amides is 1. The van der Waals surface area contributed by atoms with Crippen molar-refractivity contribution in [3.63, 3.8) is 0 Å². The van der Waals surface area contributed by atoms with Gasteiger partial charge in [-0.2, -0.15) is 0 Å². The summed E-state index contributed by atoms with van der Waals surface area (Å²) in [6.45, 7) is 0.566. The maximum atomic E-state index is 11.8. The number of rotatable bonds is 2. The molecule has 0 spiro atoms. The lowest BCUT2D eigenvalue weighted by Crippen LogP contribution is -2.38. The van der Waals surface area contributed by atoms with Gasteiger partial charge in [-0.25, -0.2) is 0 Å². The first kappa shape index (κ1) is 11.4. The Morgan fingerprint density at radius 2 is 2.00 bits per heavy atom. The van der Waals surface area contributed by atoms with Gasteiger partial charge in [-0.05, 0) is 12.8 Å². The minimum atomic E-state index is -0.244. The maximum Gasteiger partial charge on any atom is 0.310 e. The van der Waals surface area contributed by atoms with Crippen LogP contribution >= 0.6 is 0 Å². The lowest BCUT2D eigenvalue weighted by atomic mass is 9.94. The Hall–Kier alpha value is -1.06. The van der Waals surface area contributed by atoms with Crippen molar-refractivity contribution in [2.75, 3.05) is 13.7 Å². The van der Waals surface area contributed by atoms with E-state index >= 15 is 0 Å². The van der Waals surface area contributed by atoms with Crippen LogP contribution in [0.25, 0.3) is 0 Å². The number of nitrogens with zero attached hydrogens (tertiary/aromatic N) is 1. The fourth-order valence-corrected chi connectivity index (χ4v) is 2.80. The van der Waals surface area contributed by atoms with Gasteiger partial charge in [0.25, 0.3) is 0 Å². The number of hydrogen-bond donors (Lipinski definition) is 0. The summed E-state index contributed by atoms with van der Waals surface area (Å²) in [6, 6.07) is 0.371. The van der Waals surface area contributed by atoms with Crippen LogP contribution in [-0.4, -0.2) is 36.5 Å². The highest BCUT2D eigenvalue weighted by Gasteiger charge is 2.38. The third-order valence-corrected chi connectivity index (χ3v) is 3.71. The number of esters is 1. The summed E-state index contributed by atoms with van der Waals surface area (Å²) < 4.78 is 4.70. The Morgan fingerprint density at radius 3 is 2.62 bits per heavy atom. The summed E-state index contributed by atoms with van der Waals surface area (Å²) >= 11 is 0. The summed E-state index contributed by atoms with van der Waals surface area (Å²) in [5.41, 5.74) is 0. The molecule has 0 bridgehead atoms. The lowest BCUT2D eigenvalue weighted by Gasteiger charge is -2.31. The average Bonchev–Trinajstić information content (AvgIpc) is 2.71. The molecule has 1 amide bonds. The lowest BCUT2D eigenvalue weighted by molar-refractivity contribution is -0.145. The zero-order chi connectivity index (χ0) is 11.5. The normalized spacial score (nSPS) is 27.2. The van der Waals surface area contributed by atoms with E-state index in [0.717, 1.165) is 12.8 Å². The van der Waals surface area contributed by atoms with E-state index in [1.54, 1.807) is 0 Å². The van der Waals surface area contributed by atoms with E-state index in [1.165, 1.54) is 26.4 Å². The molecule has 0 N–H and O–H groups in total. The molecule has 2 fully saturated rings. The zero-order valence-electron chi connectivity index (χ0n) is 9.78. The molecule has 0 aromatic heterocycles. The topological polar surface area (TPSA) is 46.6 Å². The minimum Gasteiger partial charge on any atom is -0.469 e. The predicted octanol–water partition coefficient (Wildman–Crippen LogP) is 1.34. The second kappa shape index (κ2) is 4.85. The largest absolute Gasteiger partial charge is 0.469 e. The number of carbonyl (C=O) groups is 2. The van der Waals surface area contributed by atoms with Crippen LogP contribution in [0.2, 0.25) is 0 Å². The van der Waals surface area contributed by atoms with Crippen LogP contribution in [0, 0.1) is 5.92 Å². The molecule has 4 nitrogen and oxygen atoms in total. The molecule has 2 rings (SSSR count). The molecule has 4 heteroatoms. The van der Waals surface area contributed by atoms with Crippen LogP contribution < -0.4 is 0 Å². The molecule has 90 valence electrons. The molecule has 0 unspecified atom stereocenters. The van der Waals surface area contributed by atoms with Gasteiger partial charge < -0.3 is 9.64 Å². The molecule has 1 aliphatic heterocycles. The van der Waals surface area contributed by atoms with Crippen LogP contribution in [0.15, 0.2) is 0 Å². The predicted molar refractivity (Wildman–Crippen MR) is 58.7 cm³/mol. The van der Waals surface area contributed by atoms with E-state index in [2.05, 4.69) is 0 Å². The Morgan fingerprint density at radius 1 is 1.31 bits per heavy atom. The monoisotopic (exact) mass is 225 g/mol. The fraction of sp³-hybridized carbons (Fsp3) is 0.833. The van der Waals surface area contributed by atoms with Gasteiger partial charge in [0.05, 0.1) is 13.0 Å². The van der Waals surface area contributed by atoms with Gasteiger partial charge in [0.2, 0.25) is 5.91 Å². The van der Waals surface area contributed by atoms with Crippen molar-refractivity contribution in [3.8, 4) is 0 Å². The molecule has 1 saturated carbocycles. The highest BCUT2D eigenvalue weighted by atomic mass is 16.5. The maximum absolute atomic E-state index is 11.8. The van der Waals surface area contributed by atoms with Crippen molar-refractivity contribution >= 4 is 11.9 Å². The van der Waals surface area contributed by atoms with Crippen molar-refractivity contribution in [2.45, 2.75) is 44.6 Å². The molecule has 0 aromatic rings. The van der Waals surface area contributed by atoms with Crippen LogP contribution in [0.1, 0.15) is 38.5 Å². The summed E-state index contributed by atoms with van der Waals surface area (Å²) in [6.07, 6.45) is 6.22. The Balaban J connectivity index is 1.96. The number of ether oxygens (including phenoxy) is 1. The van der Waals surface area contributed by atoms with Gasteiger partial charge in [0, 0.05) is 19.0 Å². The minimum absolute atomic E-state index is 0.127. The molecule has 16 heavy (non-hydrogen) atoms. The molecule has 1 atom stereocenters. The van der Waals surface area contributed by atoms with Gasteiger partial charge in [-0.1, -0.05) is 19.3 Å². The summed E-state index contributed by atoms with van der Waals surface area (Å²) in [4.78, 5) is 25.1. The van der Waals surface area contributed by atoms with Gasteiger partial charge in [0.1, 0.15) is 0 Å². The van der Waals surface area contributed by atoms with Crippen LogP contribution in [0.5, 0.6) is 0 Å². The molecule has 0 radical (unpaired) electrons. The molecular weight excluding hydrogens is 206 g/mol. The fourth-order valence-electron chi connectivity index (χ4n) is 2.80. The number of methoxy groups -OCH3 is 1. The number of likely N-dealkylation sites (tertiary alicyclic amines) is 1. The Kier molecular flexibility index (Phi) is 3.46. The summed E-state index contributed by atoms with van der Waals surface area (Å²) in [5, 5.41) is 0. The first-order valence-corrected chi connectivity index (χ1v) is 6.09. The first-order chi connectivity index (χ1) is 7.72. The number of hydrogen-bond acceptors (Lipinski definition) is 3. The molecule has 1 heterocycles. The van der Waals surface area contributed by atoms with E-state index < -0.39 is 0 Å². The smallest absolute Gasteiger partial charge is 0.310 e. The van der Waals surface area contributed by atoms with Gasteiger partial charge >= 0.3 is 5.97 Å². The van der Waals surface area contributed by atoms with E-state index in [-0.39, 0.29) is 17.8 Å². The molecular formula is C12H19NO3.